The topological polar surface area (TPSA) is 106 Å². The Hall–Kier alpha value is -3.56. The number of aryl methyl sites for hydroxylation is 1. The zero-order valence-corrected chi connectivity index (χ0v) is 18.8. The standard InChI is InChI=1S/C22H27FN6O3/c1-6-17(21(31)24-22(3,4)5)29(16-10-8-15(23)9-11-16)19(30)13-28-20(25-26-27-28)18-12-7-14(2)32-18/h7-12,17H,6,13H2,1-5H3,(H,24,31). The van der Waals surface area contributed by atoms with Gasteiger partial charge in [-0.15, -0.1) is 5.10 Å². The van der Waals surface area contributed by atoms with Crippen molar-refractivity contribution in [2.45, 2.75) is 59.2 Å². The molecule has 9 nitrogen and oxygen atoms in total. The van der Waals surface area contributed by atoms with Crippen LogP contribution in [0.5, 0.6) is 0 Å². The molecule has 0 fully saturated rings. The van der Waals surface area contributed by atoms with Crippen LogP contribution in [0, 0.1) is 12.7 Å². The number of nitrogens with one attached hydrogen (secondary N) is 1. The first-order valence-electron chi connectivity index (χ1n) is 10.3. The summed E-state index contributed by atoms with van der Waals surface area (Å²) in [5.41, 5.74) is -0.0851. The molecule has 3 aromatic rings. The van der Waals surface area contributed by atoms with E-state index in [1.54, 1.807) is 19.1 Å². The summed E-state index contributed by atoms with van der Waals surface area (Å²) in [7, 11) is 0. The molecule has 1 unspecified atom stereocenters. The van der Waals surface area contributed by atoms with Crippen LogP contribution in [0.2, 0.25) is 0 Å². The minimum atomic E-state index is -0.807. The molecule has 2 aromatic heterocycles. The van der Waals surface area contributed by atoms with Crippen molar-refractivity contribution in [3.8, 4) is 11.6 Å². The maximum Gasteiger partial charge on any atom is 0.249 e. The molecule has 0 radical (unpaired) electrons. The van der Waals surface area contributed by atoms with Gasteiger partial charge in [-0.05, 0) is 80.9 Å². The second-order valence-corrected chi connectivity index (χ2v) is 8.47. The van der Waals surface area contributed by atoms with E-state index in [4.69, 9.17) is 4.42 Å². The summed E-state index contributed by atoms with van der Waals surface area (Å²) >= 11 is 0. The number of furan rings is 1. The summed E-state index contributed by atoms with van der Waals surface area (Å²) in [5, 5.41) is 14.4. The average Bonchev–Trinajstić information content (AvgIpc) is 3.34. The van der Waals surface area contributed by atoms with Crippen LogP contribution in [0.15, 0.2) is 40.8 Å². The van der Waals surface area contributed by atoms with Crippen LogP contribution in [0.4, 0.5) is 10.1 Å². The van der Waals surface area contributed by atoms with Gasteiger partial charge in [-0.2, -0.15) is 0 Å². The molecule has 1 aromatic carbocycles. The van der Waals surface area contributed by atoms with Crippen molar-refractivity contribution < 1.29 is 18.4 Å². The van der Waals surface area contributed by atoms with Gasteiger partial charge < -0.3 is 9.73 Å². The molecular formula is C22H27FN6O3. The van der Waals surface area contributed by atoms with Gasteiger partial charge in [-0.25, -0.2) is 9.07 Å². The smallest absolute Gasteiger partial charge is 0.249 e. The molecular weight excluding hydrogens is 415 g/mol. The van der Waals surface area contributed by atoms with Crippen molar-refractivity contribution in [1.29, 1.82) is 0 Å². The Morgan fingerprint density at radius 3 is 2.44 bits per heavy atom. The SMILES string of the molecule is CCC(C(=O)NC(C)(C)C)N(C(=O)Cn1nnnc1-c1ccc(C)o1)c1ccc(F)cc1. The fourth-order valence-electron chi connectivity index (χ4n) is 3.28. The van der Waals surface area contributed by atoms with E-state index in [1.165, 1.54) is 33.8 Å². The second kappa shape index (κ2) is 9.29. The van der Waals surface area contributed by atoms with Gasteiger partial charge in [0.25, 0.3) is 0 Å². The number of carbonyl (C=O) groups is 2. The number of nitrogens with zero attached hydrogens (tertiary/aromatic N) is 5. The van der Waals surface area contributed by atoms with Crippen LogP contribution in [0.25, 0.3) is 11.6 Å². The molecule has 2 amide bonds. The van der Waals surface area contributed by atoms with E-state index >= 15 is 0 Å². The third-order valence-corrected chi connectivity index (χ3v) is 4.65. The largest absolute Gasteiger partial charge is 0.458 e. The Kier molecular flexibility index (Phi) is 6.71. The lowest BCUT2D eigenvalue weighted by atomic mass is 10.1. The molecule has 3 rings (SSSR count). The number of hydrogen-bond donors (Lipinski definition) is 1. The van der Waals surface area contributed by atoms with Gasteiger partial charge in [0.15, 0.2) is 5.76 Å². The quantitative estimate of drug-likeness (QED) is 0.603. The van der Waals surface area contributed by atoms with Crippen molar-refractivity contribution in [2.24, 2.45) is 0 Å². The molecule has 170 valence electrons. The molecule has 1 N–H and O–H groups in total. The third kappa shape index (κ3) is 5.37. The molecule has 0 saturated heterocycles. The normalized spacial score (nSPS) is 12.4. The Labute approximate surface area is 185 Å². The maximum atomic E-state index is 13.5. The third-order valence-electron chi connectivity index (χ3n) is 4.65. The molecule has 0 aliphatic rings. The highest BCUT2D eigenvalue weighted by Gasteiger charge is 2.32. The molecule has 2 heterocycles. The first kappa shape index (κ1) is 23.1. The predicted octanol–water partition coefficient (Wildman–Crippen LogP) is 3.11. The van der Waals surface area contributed by atoms with Crippen molar-refractivity contribution in [1.82, 2.24) is 25.5 Å². The van der Waals surface area contributed by atoms with E-state index in [-0.39, 0.29) is 18.3 Å². The first-order chi connectivity index (χ1) is 15.1. The van der Waals surface area contributed by atoms with Crippen molar-refractivity contribution in [3.63, 3.8) is 0 Å². The number of halogens is 1. The summed E-state index contributed by atoms with van der Waals surface area (Å²) in [6.07, 6.45) is 0.352. The monoisotopic (exact) mass is 442 g/mol. The Morgan fingerprint density at radius 1 is 1.19 bits per heavy atom. The van der Waals surface area contributed by atoms with E-state index in [9.17, 15) is 14.0 Å². The average molecular weight is 442 g/mol. The van der Waals surface area contributed by atoms with Gasteiger partial charge >= 0.3 is 0 Å². The number of rotatable bonds is 7. The highest BCUT2D eigenvalue weighted by Crippen LogP contribution is 2.23. The number of aromatic nitrogens is 4. The number of carbonyl (C=O) groups excluding carboxylic acids is 2. The van der Waals surface area contributed by atoms with Gasteiger partial charge in [-0.3, -0.25) is 14.5 Å². The summed E-state index contributed by atoms with van der Waals surface area (Å²) < 4.78 is 20.4. The summed E-state index contributed by atoms with van der Waals surface area (Å²) in [5.74, 6) is 0.215. The van der Waals surface area contributed by atoms with E-state index in [0.717, 1.165) is 0 Å². The number of anilines is 1. The summed E-state index contributed by atoms with van der Waals surface area (Å²) in [6, 6.07) is 8.11. The zero-order valence-electron chi connectivity index (χ0n) is 18.8. The van der Waals surface area contributed by atoms with Gasteiger partial charge in [0.1, 0.15) is 24.2 Å². The highest BCUT2D eigenvalue weighted by atomic mass is 19.1. The van der Waals surface area contributed by atoms with Crippen LogP contribution in [-0.2, 0) is 16.1 Å². The van der Waals surface area contributed by atoms with Crippen molar-refractivity contribution >= 4 is 17.5 Å². The fraction of sp³-hybridized carbons (Fsp3) is 0.409. The van der Waals surface area contributed by atoms with Crippen LogP contribution >= 0.6 is 0 Å². The first-order valence-corrected chi connectivity index (χ1v) is 10.3. The fourth-order valence-corrected chi connectivity index (χ4v) is 3.28. The second-order valence-electron chi connectivity index (χ2n) is 8.47. The van der Waals surface area contributed by atoms with Crippen molar-refractivity contribution in [2.75, 3.05) is 4.90 Å². The van der Waals surface area contributed by atoms with Crippen LogP contribution in [-0.4, -0.2) is 43.6 Å². The van der Waals surface area contributed by atoms with E-state index in [0.29, 0.717) is 23.6 Å². The van der Waals surface area contributed by atoms with E-state index in [1.807, 2.05) is 27.7 Å². The van der Waals surface area contributed by atoms with Crippen LogP contribution in [0.3, 0.4) is 0 Å². The minimum absolute atomic E-state index is 0.237. The van der Waals surface area contributed by atoms with Gasteiger partial charge in [0.05, 0.1) is 0 Å². The molecule has 0 aliphatic carbocycles. The van der Waals surface area contributed by atoms with E-state index in [2.05, 4.69) is 20.8 Å². The highest BCUT2D eigenvalue weighted by molar-refractivity contribution is 6.00. The maximum absolute atomic E-state index is 13.5. The minimum Gasteiger partial charge on any atom is -0.458 e. The molecule has 0 aliphatic heterocycles. The summed E-state index contributed by atoms with van der Waals surface area (Å²) in [4.78, 5) is 27.8. The molecule has 1 atom stereocenters. The zero-order chi connectivity index (χ0) is 23.5. The van der Waals surface area contributed by atoms with Crippen LogP contribution in [0.1, 0.15) is 39.9 Å². The van der Waals surface area contributed by atoms with Gasteiger partial charge in [0.2, 0.25) is 17.6 Å². The predicted molar refractivity (Wildman–Crippen MR) is 116 cm³/mol. The van der Waals surface area contributed by atoms with Gasteiger partial charge in [-0.1, -0.05) is 6.92 Å². The molecule has 32 heavy (non-hydrogen) atoms. The number of tetrazole rings is 1. The number of hydrogen-bond acceptors (Lipinski definition) is 6. The molecule has 10 heteroatoms. The summed E-state index contributed by atoms with van der Waals surface area (Å²) in [6.45, 7) is 8.95. The number of benzene rings is 1. The number of amides is 2. The lowest BCUT2D eigenvalue weighted by Gasteiger charge is -2.33. The molecule has 0 spiro atoms. The Morgan fingerprint density at radius 2 is 1.88 bits per heavy atom. The Balaban J connectivity index is 1.95. The molecule has 0 saturated carbocycles. The molecule has 0 bridgehead atoms. The lowest BCUT2D eigenvalue weighted by molar-refractivity contribution is -0.127. The lowest BCUT2D eigenvalue weighted by Crippen LogP contribution is -2.54. The van der Waals surface area contributed by atoms with Crippen molar-refractivity contribution in [3.05, 3.63) is 48.0 Å². The van der Waals surface area contributed by atoms with E-state index < -0.39 is 23.3 Å². The van der Waals surface area contributed by atoms with Crippen LogP contribution < -0.4 is 10.2 Å². The van der Waals surface area contributed by atoms with Gasteiger partial charge in [0, 0.05) is 11.2 Å². The Bertz CT molecular complexity index is 1080.